The standard InChI is InChI=1S/C14H13Cl2NO/c1-17-9-10-11(15)6-4-8-13(10)18-14-7-3-2-5-12(14)16/h2-8,17H,9H2,1H3. The van der Waals surface area contributed by atoms with Crippen LogP contribution in [0, 0.1) is 0 Å². The molecule has 0 atom stereocenters. The fourth-order valence-electron chi connectivity index (χ4n) is 1.63. The van der Waals surface area contributed by atoms with Crippen molar-refractivity contribution >= 4 is 23.2 Å². The monoisotopic (exact) mass is 281 g/mol. The number of halogens is 2. The van der Waals surface area contributed by atoms with E-state index in [-0.39, 0.29) is 0 Å². The number of rotatable bonds is 4. The predicted octanol–water partition coefficient (Wildman–Crippen LogP) is 4.51. The topological polar surface area (TPSA) is 21.3 Å². The summed E-state index contributed by atoms with van der Waals surface area (Å²) < 4.78 is 5.82. The average molecular weight is 282 g/mol. The highest BCUT2D eigenvalue weighted by molar-refractivity contribution is 6.32. The molecule has 2 rings (SSSR count). The quantitative estimate of drug-likeness (QED) is 0.891. The third-order valence-corrected chi connectivity index (χ3v) is 3.15. The Bertz CT molecular complexity index is 543. The maximum Gasteiger partial charge on any atom is 0.146 e. The minimum Gasteiger partial charge on any atom is -0.455 e. The highest BCUT2D eigenvalue weighted by Crippen LogP contribution is 2.33. The highest BCUT2D eigenvalue weighted by Gasteiger charge is 2.09. The van der Waals surface area contributed by atoms with Crippen LogP contribution in [0.15, 0.2) is 42.5 Å². The third kappa shape index (κ3) is 2.96. The number of hydrogen-bond acceptors (Lipinski definition) is 2. The number of para-hydroxylation sites is 1. The third-order valence-electron chi connectivity index (χ3n) is 2.49. The van der Waals surface area contributed by atoms with E-state index in [1.165, 1.54) is 0 Å². The molecule has 0 spiro atoms. The van der Waals surface area contributed by atoms with Gasteiger partial charge in [-0.3, -0.25) is 0 Å². The summed E-state index contributed by atoms with van der Waals surface area (Å²) >= 11 is 12.2. The van der Waals surface area contributed by atoms with Gasteiger partial charge in [-0.2, -0.15) is 0 Å². The molecule has 4 heteroatoms. The second-order valence-electron chi connectivity index (χ2n) is 3.78. The zero-order valence-electron chi connectivity index (χ0n) is 9.91. The van der Waals surface area contributed by atoms with Crippen LogP contribution in [0.2, 0.25) is 10.0 Å². The number of ether oxygens (including phenoxy) is 1. The van der Waals surface area contributed by atoms with Crippen molar-refractivity contribution in [3.8, 4) is 11.5 Å². The maximum absolute atomic E-state index is 6.16. The van der Waals surface area contributed by atoms with Gasteiger partial charge in [-0.15, -0.1) is 0 Å². The second kappa shape index (κ2) is 6.10. The molecule has 0 aliphatic carbocycles. The zero-order chi connectivity index (χ0) is 13.0. The predicted molar refractivity (Wildman–Crippen MR) is 75.7 cm³/mol. The van der Waals surface area contributed by atoms with Crippen molar-refractivity contribution < 1.29 is 4.74 Å². The summed E-state index contributed by atoms with van der Waals surface area (Å²) in [6.45, 7) is 0.638. The van der Waals surface area contributed by atoms with Gasteiger partial charge in [0.05, 0.1) is 5.02 Å². The van der Waals surface area contributed by atoms with E-state index in [1.807, 2.05) is 43.4 Å². The fourth-order valence-corrected chi connectivity index (χ4v) is 2.04. The van der Waals surface area contributed by atoms with E-state index in [0.717, 1.165) is 5.56 Å². The Labute approximate surface area is 116 Å². The summed E-state index contributed by atoms with van der Waals surface area (Å²) in [5, 5.41) is 4.32. The van der Waals surface area contributed by atoms with Gasteiger partial charge < -0.3 is 10.1 Å². The number of hydrogen-bond donors (Lipinski definition) is 1. The Balaban J connectivity index is 2.34. The van der Waals surface area contributed by atoms with Crippen LogP contribution in [0.1, 0.15) is 5.56 Å². The first kappa shape index (κ1) is 13.2. The maximum atomic E-state index is 6.16. The van der Waals surface area contributed by atoms with Crippen molar-refractivity contribution in [2.75, 3.05) is 7.05 Å². The number of nitrogens with one attached hydrogen (secondary N) is 1. The first-order valence-corrected chi connectivity index (χ1v) is 6.32. The lowest BCUT2D eigenvalue weighted by Gasteiger charge is -2.13. The SMILES string of the molecule is CNCc1c(Cl)cccc1Oc1ccccc1Cl. The lowest BCUT2D eigenvalue weighted by atomic mass is 10.2. The van der Waals surface area contributed by atoms with E-state index in [4.69, 9.17) is 27.9 Å². The molecule has 0 saturated carbocycles. The van der Waals surface area contributed by atoms with Gasteiger partial charge >= 0.3 is 0 Å². The van der Waals surface area contributed by atoms with Gasteiger partial charge in [-0.1, -0.05) is 41.4 Å². The summed E-state index contributed by atoms with van der Waals surface area (Å²) in [6.07, 6.45) is 0. The van der Waals surface area contributed by atoms with Crippen molar-refractivity contribution in [1.29, 1.82) is 0 Å². The summed E-state index contributed by atoms with van der Waals surface area (Å²) in [7, 11) is 1.86. The van der Waals surface area contributed by atoms with Crippen molar-refractivity contribution in [1.82, 2.24) is 5.32 Å². The van der Waals surface area contributed by atoms with Gasteiger partial charge in [0.1, 0.15) is 11.5 Å². The molecule has 0 unspecified atom stereocenters. The highest BCUT2D eigenvalue weighted by atomic mass is 35.5. The van der Waals surface area contributed by atoms with Crippen LogP contribution >= 0.6 is 23.2 Å². The minimum absolute atomic E-state index is 0.577. The molecular weight excluding hydrogens is 269 g/mol. The smallest absolute Gasteiger partial charge is 0.146 e. The summed E-state index contributed by atoms with van der Waals surface area (Å²) in [6, 6.07) is 12.9. The summed E-state index contributed by atoms with van der Waals surface area (Å²) in [5.41, 5.74) is 0.918. The summed E-state index contributed by atoms with van der Waals surface area (Å²) in [5.74, 6) is 1.34. The Hall–Kier alpha value is -1.22. The molecule has 0 fully saturated rings. The molecule has 0 aliphatic heterocycles. The lowest BCUT2D eigenvalue weighted by molar-refractivity contribution is 0.474. The van der Waals surface area contributed by atoms with Crippen LogP contribution in [0.3, 0.4) is 0 Å². The molecule has 0 saturated heterocycles. The van der Waals surface area contributed by atoms with Crippen LogP contribution in [0.4, 0.5) is 0 Å². The van der Waals surface area contributed by atoms with Crippen molar-refractivity contribution in [2.45, 2.75) is 6.54 Å². The molecule has 0 radical (unpaired) electrons. The van der Waals surface area contributed by atoms with E-state index >= 15 is 0 Å². The zero-order valence-corrected chi connectivity index (χ0v) is 11.4. The van der Waals surface area contributed by atoms with Gasteiger partial charge in [-0.25, -0.2) is 0 Å². The molecular formula is C14H13Cl2NO. The fraction of sp³-hybridized carbons (Fsp3) is 0.143. The van der Waals surface area contributed by atoms with Crippen molar-refractivity contribution in [3.63, 3.8) is 0 Å². The molecule has 2 nitrogen and oxygen atoms in total. The Morgan fingerprint density at radius 2 is 1.61 bits per heavy atom. The molecule has 2 aromatic carbocycles. The minimum atomic E-state index is 0.577. The van der Waals surface area contributed by atoms with E-state index in [9.17, 15) is 0 Å². The first-order chi connectivity index (χ1) is 8.72. The van der Waals surface area contributed by atoms with Crippen molar-refractivity contribution in [3.05, 3.63) is 58.1 Å². The molecule has 0 aliphatic rings. The molecule has 2 aromatic rings. The molecule has 0 heterocycles. The molecule has 0 aromatic heterocycles. The molecule has 18 heavy (non-hydrogen) atoms. The van der Waals surface area contributed by atoms with E-state index < -0.39 is 0 Å². The van der Waals surface area contributed by atoms with E-state index in [1.54, 1.807) is 6.07 Å². The van der Waals surface area contributed by atoms with Crippen LogP contribution in [0.5, 0.6) is 11.5 Å². The molecule has 0 bridgehead atoms. The Morgan fingerprint density at radius 3 is 2.33 bits per heavy atom. The number of benzene rings is 2. The second-order valence-corrected chi connectivity index (χ2v) is 4.59. The average Bonchev–Trinajstić information content (AvgIpc) is 2.36. The van der Waals surface area contributed by atoms with Gasteiger partial charge in [0.25, 0.3) is 0 Å². The van der Waals surface area contributed by atoms with Gasteiger partial charge in [-0.05, 0) is 31.3 Å². The Kier molecular flexibility index (Phi) is 4.48. The molecule has 0 amide bonds. The molecule has 1 N–H and O–H groups in total. The lowest BCUT2D eigenvalue weighted by Crippen LogP contribution is -2.07. The Morgan fingerprint density at radius 1 is 0.944 bits per heavy atom. The normalized spacial score (nSPS) is 10.4. The van der Waals surface area contributed by atoms with Gasteiger partial charge in [0, 0.05) is 17.1 Å². The van der Waals surface area contributed by atoms with Crippen LogP contribution in [-0.2, 0) is 6.54 Å². The largest absolute Gasteiger partial charge is 0.455 e. The van der Waals surface area contributed by atoms with Gasteiger partial charge in [0.15, 0.2) is 0 Å². The van der Waals surface area contributed by atoms with Crippen LogP contribution in [0.25, 0.3) is 0 Å². The van der Waals surface area contributed by atoms with Gasteiger partial charge in [0.2, 0.25) is 0 Å². The van der Waals surface area contributed by atoms with E-state index in [0.29, 0.717) is 28.1 Å². The van der Waals surface area contributed by atoms with Crippen molar-refractivity contribution in [2.24, 2.45) is 0 Å². The van der Waals surface area contributed by atoms with Crippen LogP contribution < -0.4 is 10.1 Å². The molecule has 94 valence electrons. The van der Waals surface area contributed by atoms with Crippen LogP contribution in [-0.4, -0.2) is 7.05 Å². The first-order valence-electron chi connectivity index (χ1n) is 5.56. The van der Waals surface area contributed by atoms with E-state index in [2.05, 4.69) is 5.32 Å². The summed E-state index contributed by atoms with van der Waals surface area (Å²) in [4.78, 5) is 0.